The van der Waals surface area contributed by atoms with E-state index in [1.807, 2.05) is 6.07 Å². The minimum absolute atomic E-state index is 0.187. The van der Waals surface area contributed by atoms with Crippen LogP contribution in [0, 0.1) is 11.7 Å². The molecule has 1 fully saturated rings. The number of halogens is 4. The van der Waals surface area contributed by atoms with Crippen LogP contribution in [0.1, 0.15) is 34.3 Å². The Hall–Kier alpha value is -2.41. The van der Waals surface area contributed by atoms with Gasteiger partial charge in [0.1, 0.15) is 5.82 Å². The first-order valence-electron chi connectivity index (χ1n) is 10.1. The molecule has 1 atom stereocenters. The molecular formula is C23H26F4N2O. The van der Waals surface area contributed by atoms with Gasteiger partial charge in [-0.2, -0.15) is 13.2 Å². The summed E-state index contributed by atoms with van der Waals surface area (Å²) in [5, 5.41) is 0. The van der Waals surface area contributed by atoms with Crippen molar-refractivity contribution in [1.29, 1.82) is 0 Å². The van der Waals surface area contributed by atoms with Crippen molar-refractivity contribution >= 4 is 5.91 Å². The number of piperidine rings is 1. The number of amides is 1. The molecule has 0 saturated carbocycles. The number of likely N-dealkylation sites (tertiary alicyclic amines) is 1. The van der Waals surface area contributed by atoms with E-state index < -0.39 is 11.7 Å². The molecule has 0 aromatic heterocycles. The Morgan fingerprint density at radius 3 is 2.50 bits per heavy atom. The summed E-state index contributed by atoms with van der Waals surface area (Å²) in [6, 6.07) is 11.1. The van der Waals surface area contributed by atoms with Crippen LogP contribution in [0.4, 0.5) is 17.6 Å². The second-order valence-corrected chi connectivity index (χ2v) is 7.91. The summed E-state index contributed by atoms with van der Waals surface area (Å²) in [4.78, 5) is 16.5. The SMILES string of the molecule is CN(C[C@@H]1CCCN(CCc2ccccc2F)C1)C(=O)c1ccc(C(F)(F)F)cc1. The highest BCUT2D eigenvalue weighted by atomic mass is 19.4. The van der Waals surface area contributed by atoms with Crippen LogP contribution in [0.15, 0.2) is 48.5 Å². The predicted molar refractivity (Wildman–Crippen MR) is 108 cm³/mol. The zero-order valence-corrected chi connectivity index (χ0v) is 17.0. The number of hydrogen-bond donors (Lipinski definition) is 0. The lowest BCUT2D eigenvalue weighted by Crippen LogP contribution is -2.42. The summed E-state index contributed by atoms with van der Waals surface area (Å²) in [7, 11) is 1.68. The Morgan fingerprint density at radius 2 is 1.83 bits per heavy atom. The van der Waals surface area contributed by atoms with E-state index in [-0.39, 0.29) is 23.2 Å². The van der Waals surface area contributed by atoms with Crippen LogP contribution in [0.25, 0.3) is 0 Å². The first-order chi connectivity index (χ1) is 14.2. The van der Waals surface area contributed by atoms with Crippen LogP contribution in [0.2, 0.25) is 0 Å². The van der Waals surface area contributed by atoms with Crippen molar-refractivity contribution < 1.29 is 22.4 Å². The monoisotopic (exact) mass is 422 g/mol. The van der Waals surface area contributed by atoms with Crippen LogP contribution in [-0.4, -0.2) is 48.9 Å². The number of benzene rings is 2. The molecule has 2 aromatic carbocycles. The molecule has 1 saturated heterocycles. The van der Waals surface area contributed by atoms with Crippen molar-refractivity contribution in [2.45, 2.75) is 25.4 Å². The second-order valence-electron chi connectivity index (χ2n) is 7.91. The maximum Gasteiger partial charge on any atom is 0.416 e. The number of hydrogen-bond acceptors (Lipinski definition) is 2. The van der Waals surface area contributed by atoms with Crippen molar-refractivity contribution in [3.05, 3.63) is 71.0 Å². The molecule has 162 valence electrons. The maximum atomic E-state index is 13.8. The van der Waals surface area contributed by atoms with E-state index in [4.69, 9.17) is 0 Å². The third-order valence-corrected chi connectivity index (χ3v) is 5.60. The fourth-order valence-electron chi connectivity index (χ4n) is 3.98. The van der Waals surface area contributed by atoms with E-state index >= 15 is 0 Å². The van der Waals surface area contributed by atoms with Crippen molar-refractivity contribution in [1.82, 2.24) is 9.80 Å². The van der Waals surface area contributed by atoms with Gasteiger partial charge in [0, 0.05) is 32.2 Å². The van der Waals surface area contributed by atoms with Gasteiger partial charge >= 0.3 is 6.18 Å². The minimum atomic E-state index is -4.41. The van der Waals surface area contributed by atoms with Crippen molar-refractivity contribution in [2.24, 2.45) is 5.92 Å². The number of rotatable bonds is 6. The van der Waals surface area contributed by atoms with Crippen LogP contribution >= 0.6 is 0 Å². The zero-order valence-electron chi connectivity index (χ0n) is 17.0. The number of alkyl halides is 3. The van der Waals surface area contributed by atoms with Gasteiger partial charge in [0.15, 0.2) is 0 Å². The summed E-state index contributed by atoms with van der Waals surface area (Å²) < 4.78 is 51.9. The standard InChI is InChI=1S/C23H26F4N2O/c1-28(22(30)19-8-10-20(11-9-19)23(25,26)27)15-17-5-4-13-29(16-17)14-12-18-6-2-3-7-21(18)24/h2-3,6-11,17H,4-5,12-16H2,1H3/t17-/m0/s1. The molecule has 1 amide bonds. The highest BCUT2D eigenvalue weighted by Gasteiger charge is 2.30. The van der Waals surface area contributed by atoms with Gasteiger partial charge in [0.05, 0.1) is 5.56 Å². The molecule has 1 aliphatic rings. The van der Waals surface area contributed by atoms with Crippen LogP contribution in [0.3, 0.4) is 0 Å². The molecule has 1 heterocycles. The van der Waals surface area contributed by atoms with Gasteiger partial charge in [-0.1, -0.05) is 18.2 Å². The van der Waals surface area contributed by atoms with Gasteiger partial charge < -0.3 is 9.80 Å². The quantitative estimate of drug-likeness (QED) is 0.620. The molecule has 0 spiro atoms. The normalized spacial score (nSPS) is 17.7. The predicted octanol–water partition coefficient (Wildman–Crippen LogP) is 4.87. The van der Waals surface area contributed by atoms with Gasteiger partial charge in [0.2, 0.25) is 0 Å². The number of carbonyl (C=O) groups excluding carboxylic acids is 1. The zero-order chi connectivity index (χ0) is 21.7. The number of carbonyl (C=O) groups is 1. The molecule has 3 rings (SSSR count). The summed E-state index contributed by atoms with van der Waals surface area (Å²) in [5.74, 6) is -0.192. The molecule has 0 radical (unpaired) electrons. The third-order valence-electron chi connectivity index (χ3n) is 5.60. The molecule has 0 aliphatic carbocycles. The van der Waals surface area contributed by atoms with E-state index in [1.165, 1.54) is 18.2 Å². The van der Waals surface area contributed by atoms with Gasteiger partial charge in [-0.25, -0.2) is 4.39 Å². The molecule has 0 bridgehead atoms. The molecular weight excluding hydrogens is 396 g/mol. The largest absolute Gasteiger partial charge is 0.416 e. The average molecular weight is 422 g/mol. The lowest BCUT2D eigenvalue weighted by Gasteiger charge is -2.34. The average Bonchev–Trinajstić information content (AvgIpc) is 2.72. The molecule has 3 nitrogen and oxygen atoms in total. The van der Waals surface area contributed by atoms with E-state index in [0.717, 1.165) is 44.6 Å². The van der Waals surface area contributed by atoms with Crippen molar-refractivity contribution in [3.63, 3.8) is 0 Å². The van der Waals surface area contributed by atoms with E-state index in [2.05, 4.69) is 4.90 Å². The summed E-state index contributed by atoms with van der Waals surface area (Å²) >= 11 is 0. The first-order valence-corrected chi connectivity index (χ1v) is 10.1. The Kier molecular flexibility index (Phi) is 7.13. The molecule has 0 unspecified atom stereocenters. The second kappa shape index (κ2) is 9.60. The molecule has 7 heteroatoms. The third kappa shape index (κ3) is 5.81. The van der Waals surface area contributed by atoms with E-state index in [9.17, 15) is 22.4 Å². The summed E-state index contributed by atoms with van der Waals surface area (Å²) in [6.07, 6.45) is -1.79. The smallest absolute Gasteiger partial charge is 0.341 e. The van der Waals surface area contributed by atoms with Crippen LogP contribution < -0.4 is 0 Å². The molecule has 2 aromatic rings. The van der Waals surface area contributed by atoms with Gasteiger partial charge in [-0.05, 0) is 67.6 Å². The Morgan fingerprint density at radius 1 is 1.13 bits per heavy atom. The lowest BCUT2D eigenvalue weighted by molar-refractivity contribution is -0.137. The fraction of sp³-hybridized carbons (Fsp3) is 0.435. The fourth-order valence-corrected chi connectivity index (χ4v) is 3.98. The maximum absolute atomic E-state index is 13.8. The topological polar surface area (TPSA) is 23.6 Å². The van der Waals surface area contributed by atoms with Crippen molar-refractivity contribution in [3.8, 4) is 0 Å². The molecule has 0 N–H and O–H groups in total. The summed E-state index contributed by atoms with van der Waals surface area (Å²) in [6.45, 7) is 3.06. The van der Waals surface area contributed by atoms with Gasteiger partial charge in [-0.15, -0.1) is 0 Å². The number of nitrogens with zero attached hydrogens (tertiary/aromatic N) is 2. The van der Waals surface area contributed by atoms with Crippen LogP contribution in [0.5, 0.6) is 0 Å². The van der Waals surface area contributed by atoms with Gasteiger partial charge in [0.25, 0.3) is 5.91 Å². The van der Waals surface area contributed by atoms with E-state index in [1.54, 1.807) is 24.1 Å². The summed E-state index contributed by atoms with van der Waals surface area (Å²) in [5.41, 5.74) is 0.186. The Labute approximate surface area is 174 Å². The minimum Gasteiger partial charge on any atom is -0.341 e. The van der Waals surface area contributed by atoms with E-state index in [0.29, 0.717) is 18.5 Å². The highest BCUT2D eigenvalue weighted by molar-refractivity contribution is 5.94. The Balaban J connectivity index is 1.52. The van der Waals surface area contributed by atoms with Crippen LogP contribution in [-0.2, 0) is 12.6 Å². The molecule has 30 heavy (non-hydrogen) atoms. The lowest BCUT2D eigenvalue weighted by atomic mass is 9.96. The highest BCUT2D eigenvalue weighted by Crippen LogP contribution is 2.29. The Bertz CT molecular complexity index is 851. The molecule has 1 aliphatic heterocycles. The van der Waals surface area contributed by atoms with Crippen molar-refractivity contribution in [2.75, 3.05) is 33.2 Å². The first kappa shape index (κ1) is 22.3. The van der Waals surface area contributed by atoms with Gasteiger partial charge in [-0.3, -0.25) is 4.79 Å².